The second-order valence-electron chi connectivity index (χ2n) is 7.97. The fraction of sp³-hybridized carbons (Fsp3) is 0.500. The number of nitrogens with zero attached hydrogens (tertiary/aromatic N) is 2. The molecule has 150 valence electrons. The molecule has 0 saturated carbocycles. The fourth-order valence-electron chi connectivity index (χ4n) is 4.13. The lowest BCUT2D eigenvalue weighted by Gasteiger charge is -2.35. The first kappa shape index (κ1) is 18.9. The van der Waals surface area contributed by atoms with Crippen molar-refractivity contribution in [1.82, 2.24) is 14.8 Å². The standard InChI is InChI=1S/C22H29N3O3/c1-15(2)22(17-6-7-19-20(13-17)28-12-11-27-19)23-21(26)14-25-10-9-24-8-4-5-18(24)16(25)3/h4-8,13,15-16,22H,9-12,14H2,1-3H3,(H,23,26). The zero-order valence-corrected chi connectivity index (χ0v) is 16.9. The number of fused-ring (bicyclic) bond motifs is 2. The van der Waals surface area contributed by atoms with E-state index in [4.69, 9.17) is 9.47 Å². The first-order valence-corrected chi connectivity index (χ1v) is 10.1. The Balaban J connectivity index is 1.44. The summed E-state index contributed by atoms with van der Waals surface area (Å²) in [5, 5.41) is 3.24. The maximum Gasteiger partial charge on any atom is 0.234 e. The van der Waals surface area contributed by atoms with Gasteiger partial charge in [-0.25, -0.2) is 0 Å². The molecule has 0 fully saturated rings. The van der Waals surface area contributed by atoms with Crippen molar-refractivity contribution in [2.75, 3.05) is 26.3 Å². The molecule has 1 N–H and O–H groups in total. The molecule has 2 aliphatic heterocycles. The predicted molar refractivity (Wildman–Crippen MR) is 108 cm³/mol. The van der Waals surface area contributed by atoms with Gasteiger partial charge in [-0.05, 0) is 42.7 Å². The minimum absolute atomic E-state index is 0.0560. The molecule has 0 spiro atoms. The topological polar surface area (TPSA) is 55.7 Å². The van der Waals surface area contributed by atoms with Crippen LogP contribution in [0.2, 0.25) is 0 Å². The number of benzene rings is 1. The minimum Gasteiger partial charge on any atom is -0.486 e. The number of nitrogens with one attached hydrogen (secondary N) is 1. The quantitative estimate of drug-likeness (QED) is 0.862. The molecule has 6 nitrogen and oxygen atoms in total. The van der Waals surface area contributed by atoms with E-state index < -0.39 is 0 Å². The lowest BCUT2D eigenvalue weighted by Crippen LogP contribution is -2.44. The van der Waals surface area contributed by atoms with Crippen molar-refractivity contribution < 1.29 is 14.3 Å². The monoisotopic (exact) mass is 383 g/mol. The highest BCUT2D eigenvalue weighted by Gasteiger charge is 2.27. The molecule has 4 rings (SSSR count). The van der Waals surface area contributed by atoms with E-state index in [0.29, 0.717) is 19.8 Å². The summed E-state index contributed by atoms with van der Waals surface area (Å²) in [4.78, 5) is 15.1. The third-order valence-corrected chi connectivity index (χ3v) is 5.72. The Hall–Kier alpha value is -2.47. The number of hydrogen-bond donors (Lipinski definition) is 1. The molecule has 2 aromatic rings. The van der Waals surface area contributed by atoms with Crippen LogP contribution in [0.15, 0.2) is 36.5 Å². The van der Waals surface area contributed by atoms with E-state index in [9.17, 15) is 4.79 Å². The van der Waals surface area contributed by atoms with Gasteiger partial charge in [0.1, 0.15) is 13.2 Å². The second-order valence-corrected chi connectivity index (χ2v) is 7.97. The van der Waals surface area contributed by atoms with Crippen molar-refractivity contribution in [3.63, 3.8) is 0 Å². The molecule has 3 heterocycles. The number of hydrogen-bond acceptors (Lipinski definition) is 4. The maximum atomic E-state index is 12.9. The van der Waals surface area contributed by atoms with Crippen LogP contribution in [0.25, 0.3) is 0 Å². The molecule has 0 aliphatic carbocycles. The van der Waals surface area contributed by atoms with Crippen molar-refractivity contribution >= 4 is 5.91 Å². The summed E-state index contributed by atoms with van der Waals surface area (Å²) >= 11 is 0. The van der Waals surface area contributed by atoms with E-state index in [1.165, 1.54) is 5.69 Å². The summed E-state index contributed by atoms with van der Waals surface area (Å²) in [5.41, 5.74) is 2.32. The van der Waals surface area contributed by atoms with Gasteiger partial charge in [0.25, 0.3) is 0 Å². The molecule has 0 bridgehead atoms. The summed E-state index contributed by atoms with van der Waals surface area (Å²) < 4.78 is 13.6. The third-order valence-electron chi connectivity index (χ3n) is 5.72. The van der Waals surface area contributed by atoms with Gasteiger partial charge in [-0.2, -0.15) is 0 Å². The Morgan fingerprint density at radius 3 is 2.75 bits per heavy atom. The van der Waals surface area contributed by atoms with Crippen LogP contribution in [0.1, 0.15) is 44.1 Å². The SMILES string of the molecule is CC(C)C(NC(=O)CN1CCn2cccc2C1C)c1ccc2c(c1)OCCO2. The number of carbonyl (C=O) groups is 1. The van der Waals surface area contributed by atoms with E-state index in [2.05, 4.69) is 53.9 Å². The van der Waals surface area contributed by atoms with Gasteiger partial charge in [0.15, 0.2) is 11.5 Å². The van der Waals surface area contributed by atoms with Crippen molar-refractivity contribution in [1.29, 1.82) is 0 Å². The van der Waals surface area contributed by atoms with Gasteiger partial charge in [-0.1, -0.05) is 19.9 Å². The summed E-state index contributed by atoms with van der Waals surface area (Å²) in [6.07, 6.45) is 2.11. The Morgan fingerprint density at radius 1 is 1.18 bits per heavy atom. The van der Waals surface area contributed by atoms with Crippen LogP contribution in [0.5, 0.6) is 11.5 Å². The van der Waals surface area contributed by atoms with Gasteiger partial charge in [0.05, 0.1) is 12.6 Å². The Kier molecular flexibility index (Phi) is 5.31. The number of amides is 1. The van der Waals surface area contributed by atoms with Gasteiger partial charge < -0.3 is 19.4 Å². The molecule has 1 aromatic heterocycles. The van der Waals surface area contributed by atoms with Crippen LogP contribution in [0.3, 0.4) is 0 Å². The van der Waals surface area contributed by atoms with E-state index >= 15 is 0 Å². The van der Waals surface area contributed by atoms with E-state index in [1.807, 2.05) is 18.2 Å². The number of ether oxygens (including phenoxy) is 2. The fourth-order valence-corrected chi connectivity index (χ4v) is 4.13. The lowest BCUT2D eigenvalue weighted by molar-refractivity contribution is -0.124. The summed E-state index contributed by atoms with van der Waals surface area (Å²) in [6, 6.07) is 10.3. The summed E-state index contributed by atoms with van der Waals surface area (Å²) in [7, 11) is 0. The maximum absolute atomic E-state index is 12.9. The highest BCUT2D eigenvalue weighted by atomic mass is 16.6. The van der Waals surface area contributed by atoms with Crippen LogP contribution >= 0.6 is 0 Å². The van der Waals surface area contributed by atoms with Crippen LogP contribution in [-0.4, -0.2) is 41.7 Å². The van der Waals surface area contributed by atoms with E-state index in [-0.39, 0.29) is 23.9 Å². The van der Waals surface area contributed by atoms with Crippen LogP contribution in [0.4, 0.5) is 0 Å². The first-order valence-electron chi connectivity index (χ1n) is 10.1. The first-order chi connectivity index (χ1) is 13.5. The molecular formula is C22H29N3O3. The molecule has 2 atom stereocenters. The normalized spacial score (nSPS) is 19.9. The van der Waals surface area contributed by atoms with Gasteiger partial charge in [0.2, 0.25) is 5.91 Å². The zero-order chi connectivity index (χ0) is 19.7. The smallest absolute Gasteiger partial charge is 0.234 e. The summed E-state index contributed by atoms with van der Waals surface area (Å²) in [6.45, 7) is 9.76. The van der Waals surface area contributed by atoms with Gasteiger partial charge in [0, 0.05) is 31.0 Å². The summed E-state index contributed by atoms with van der Waals surface area (Å²) in [5.74, 6) is 1.85. The largest absolute Gasteiger partial charge is 0.486 e. The number of rotatable bonds is 5. The molecule has 0 radical (unpaired) electrons. The van der Waals surface area contributed by atoms with Crippen molar-refractivity contribution in [3.8, 4) is 11.5 Å². The van der Waals surface area contributed by atoms with Crippen molar-refractivity contribution in [2.45, 2.75) is 39.4 Å². The molecule has 0 saturated heterocycles. The predicted octanol–water partition coefficient (Wildman–Crippen LogP) is 3.15. The molecule has 1 amide bonds. The Bertz CT molecular complexity index is 845. The van der Waals surface area contributed by atoms with Gasteiger partial charge in [-0.15, -0.1) is 0 Å². The van der Waals surface area contributed by atoms with Crippen LogP contribution in [-0.2, 0) is 11.3 Å². The van der Waals surface area contributed by atoms with Gasteiger partial charge >= 0.3 is 0 Å². The molecule has 2 unspecified atom stereocenters. The third kappa shape index (κ3) is 3.74. The molecule has 28 heavy (non-hydrogen) atoms. The number of aromatic nitrogens is 1. The highest BCUT2D eigenvalue weighted by molar-refractivity contribution is 5.78. The lowest BCUT2D eigenvalue weighted by atomic mass is 9.95. The molecule has 1 aromatic carbocycles. The van der Waals surface area contributed by atoms with Crippen molar-refractivity contribution in [2.24, 2.45) is 5.92 Å². The second kappa shape index (κ2) is 7.87. The average molecular weight is 383 g/mol. The van der Waals surface area contributed by atoms with Crippen molar-refractivity contribution in [3.05, 3.63) is 47.8 Å². The van der Waals surface area contributed by atoms with Gasteiger partial charge in [-0.3, -0.25) is 9.69 Å². The van der Waals surface area contributed by atoms with Crippen LogP contribution < -0.4 is 14.8 Å². The average Bonchev–Trinajstić information content (AvgIpc) is 3.17. The zero-order valence-electron chi connectivity index (χ0n) is 16.9. The minimum atomic E-state index is -0.0627. The van der Waals surface area contributed by atoms with E-state index in [0.717, 1.165) is 30.2 Å². The highest BCUT2D eigenvalue weighted by Crippen LogP contribution is 2.34. The molecule has 2 aliphatic rings. The molecule has 6 heteroatoms. The Labute approximate surface area is 166 Å². The Morgan fingerprint density at radius 2 is 1.96 bits per heavy atom. The van der Waals surface area contributed by atoms with E-state index in [1.54, 1.807) is 0 Å². The number of carbonyl (C=O) groups excluding carboxylic acids is 1. The molecular weight excluding hydrogens is 354 g/mol. The van der Waals surface area contributed by atoms with Crippen LogP contribution in [0, 0.1) is 5.92 Å².